The Morgan fingerprint density at radius 3 is 1.42 bits per heavy atom. The van der Waals surface area contributed by atoms with E-state index < -0.39 is 5.97 Å². The summed E-state index contributed by atoms with van der Waals surface area (Å²) in [6, 6.07) is 0. The number of rotatable bonds is 11. The van der Waals surface area contributed by atoms with Gasteiger partial charge in [0.15, 0.2) is 0 Å². The van der Waals surface area contributed by atoms with Gasteiger partial charge >= 0.3 is 5.97 Å². The zero-order chi connectivity index (χ0) is 18.5. The molecule has 0 bridgehead atoms. The quantitative estimate of drug-likeness (QED) is 0.420. The van der Waals surface area contributed by atoms with E-state index in [1.54, 1.807) is 0 Å². The van der Waals surface area contributed by atoms with Gasteiger partial charge in [0.1, 0.15) is 0 Å². The van der Waals surface area contributed by atoms with Gasteiger partial charge in [0.05, 0.1) is 5.92 Å². The fourth-order valence-electron chi connectivity index (χ4n) is 2.37. The van der Waals surface area contributed by atoms with Crippen LogP contribution in [0, 0.1) is 5.92 Å². The number of carbonyl (C=O) groups is 1. The molecule has 0 aliphatic rings. The van der Waals surface area contributed by atoms with E-state index in [2.05, 4.69) is 65.8 Å². The third-order valence-corrected chi connectivity index (χ3v) is 4.03. The average Bonchev–Trinajstić information content (AvgIpc) is 2.45. The third-order valence-electron chi connectivity index (χ3n) is 4.03. The van der Waals surface area contributed by atoms with Gasteiger partial charge in [0.2, 0.25) is 0 Å². The molecule has 2 heteroatoms. The fraction of sp³-hybridized carbons (Fsp3) is 0.591. The molecule has 0 fully saturated rings. The zero-order valence-corrected chi connectivity index (χ0v) is 16.5. The molecule has 0 heterocycles. The van der Waals surface area contributed by atoms with Crippen molar-refractivity contribution in [3.05, 3.63) is 46.6 Å². The Morgan fingerprint density at radius 1 is 0.750 bits per heavy atom. The van der Waals surface area contributed by atoms with Crippen LogP contribution in [-0.2, 0) is 4.79 Å². The molecule has 0 spiro atoms. The van der Waals surface area contributed by atoms with Crippen molar-refractivity contribution in [1.29, 1.82) is 0 Å². The van der Waals surface area contributed by atoms with Gasteiger partial charge in [-0.1, -0.05) is 46.6 Å². The van der Waals surface area contributed by atoms with E-state index in [1.807, 2.05) is 0 Å². The molecular formula is C22H36O2. The van der Waals surface area contributed by atoms with E-state index >= 15 is 0 Å². The van der Waals surface area contributed by atoms with Gasteiger partial charge in [-0.25, -0.2) is 0 Å². The highest BCUT2D eigenvalue weighted by atomic mass is 16.4. The van der Waals surface area contributed by atoms with E-state index in [4.69, 9.17) is 0 Å². The molecule has 0 saturated heterocycles. The highest BCUT2D eigenvalue weighted by Crippen LogP contribution is 2.17. The summed E-state index contributed by atoms with van der Waals surface area (Å²) in [5.74, 6) is -1.02. The summed E-state index contributed by atoms with van der Waals surface area (Å²) < 4.78 is 0. The number of carboxylic acid groups (broad SMARTS) is 1. The average molecular weight is 333 g/mol. The molecular weight excluding hydrogens is 296 g/mol. The van der Waals surface area contributed by atoms with E-state index in [1.165, 1.54) is 22.3 Å². The molecule has 0 unspecified atom stereocenters. The number of allylic oxidation sites excluding steroid dienone is 8. The molecule has 0 saturated carbocycles. The number of aliphatic carboxylic acids is 1. The minimum Gasteiger partial charge on any atom is -0.481 e. The Balaban J connectivity index is 4.47. The maximum Gasteiger partial charge on any atom is 0.307 e. The minimum atomic E-state index is -0.698. The second-order valence-electron chi connectivity index (χ2n) is 7.25. The summed E-state index contributed by atoms with van der Waals surface area (Å²) in [6.45, 7) is 12.6. The molecule has 0 aliphatic carbocycles. The van der Waals surface area contributed by atoms with Crippen LogP contribution in [0.1, 0.15) is 80.1 Å². The predicted octanol–water partition coefficient (Wildman–Crippen LogP) is 6.85. The standard InChI is InChI=1S/C22H36O2/c1-17(2)9-7-11-19(5)13-15-21(22(23)24)16-14-20(6)12-8-10-18(3)4/h9-10,13-14,21H,7-8,11-12,15-16H2,1-6H3,(H,23,24). The highest BCUT2D eigenvalue weighted by Gasteiger charge is 2.14. The van der Waals surface area contributed by atoms with Gasteiger partial charge in [-0.3, -0.25) is 4.79 Å². The monoisotopic (exact) mass is 332 g/mol. The van der Waals surface area contributed by atoms with Crippen LogP contribution in [0.25, 0.3) is 0 Å². The summed E-state index contributed by atoms with van der Waals surface area (Å²) >= 11 is 0. The molecule has 0 aromatic rings. The Hall–Kier alpha value is -1.57. The molecule has 0 aliphatic heterocycles. The van der Waals surface area contributed by atoms with Gasteiger partial charge < -0.3 is 5.11 Å². The van der Waals surface area contributed by atoms with Crippen molar-refractivity contribution in [2.45, 2.75) is 80.1 Å². The lowest BCUT2D eigenvalue weighted by Gasteiger charge is -2.09. The lowest BCUT2D eigenvalue weighted by atomic mass is 9.97. The third kappa shape index (κ3) is 12.9. The first-order chi connectivity index (χ1) is 11.2. The second-order valence-corrected chi connectivity index (χ2v) is 7.25. The van der Waals surface area contributed by atoms with Crippen LogP contribution >= 0.6 is 0 Å². The van der Waals surface area contributed by atoms with Crippen LogP contribution in [0.5, 0.6) is 0 Å². The second kappa shape index (κ2) is 12.8. The van der Waals surface area contributed by atoms with Crippen LogP contribution < -0.4 is 0 Å². The minimum absolute atomic E-state index is 0.318. The van der Waals surface area contributed by atoms with Crippen molar-refractivity contribution in [3.8, 4) is 0 Å². The van der Waals surface area contributed by atoms with Gasteiger partial charge in [-0.15, -0.1) is 0 Å². The molecule has 2 nitrogen and oxygen atoms in total. The van der Waals surface area contributed by atoms with E-state index in [9.17, 15) is 9.90 Å². The van der Waals surface area contributed by atoms with Gasteiger partial charge in [0.25, 0.3) is 0 Å². The van der Waals surface area contributed by atoms with Gasteiger partial charge in [-0.2, -0.15) is 0 Å². The smallest absolute Gasteiger partial charge is 0.307 e. The normalized spacial score (nSPS) is 13.4. The lowest BCUT2D eigenvalue weighted by molar-refractivity contribution is -0.141. The molecule has 0 rings (SSSR count). The van der Waals surface area contributed by atoms with Crippen molar-refractivity contribution in [2.75, 3.05) is 0 Å². The first kappa shape index (κ1) is 22.4. The van der Waals surface area contributed by atoms with Crippen molar-refractivity contribution < 1.29 is 9.90 Å². The summed E-state index contributed by atoms with van der Waals surface area (Å²) in [4.78, 5) is 11.5. The zero-order valence-electron chi connectivity index (χ0n) is 16.5. The SMILES string of the molecule is CC(C)=CCCC(C)=CCC(CC=C(C)CCC=C(C)C)C(=O)O. The summed E-state index contributed by atoms with van der Waals surface area (Å²) in [5.41, 5.74) is 5.23. The van der Waals surface area contributed by atoms with Crippen LogP contribution in [-0.4, -0.2) is 11.1 Å². The van der Waals surface area contributed by atoms with Gasteiger partial charge in [-0.05, 0) is 80.1 Å². The fourth-order valence-corrected chi connectivity index (χ4v) is 2.37. The largest absolute Gasteiger partial charge is 0.481 e. The molecule has 0 radical (unpaired) electrons. The number of carboxylic acids is 1. The molecule has 136 valence electrons. The maximum absolute atomic E-state index is 11.5. The lowest BCUT2D eigenvalue weighted by Crippen LogP contribution is -2.12. The maximum atomic E-state index is 11.5. The van der Waals surface area contributed by atoms with Crippen molar-refractivity contribution >= 4 is 5.97 Å². The summed E-state index contributed by atoms with van der Waals surface area (Å²) in [5, 5.41) is 9.42. The predicted molar refractivity (Wildman–Crippen MR) is 105 cm³/mol. The van der Waals surface area contributed by atoms with E-state index in [0.717, 1.165) is 25.7 Å². The molecule has 0 aromatic carbocycles. The van der Waals surface area contributed by atoms with Crippen LogP contribution in [0.4, 0.5) is 0 Å². The Kier molecular flexibility index (Phi) is 12.0. The topological polar surface area (TPSA) is 37.3 Å². The first-order valence-corrected chi connectivity index (χ1v) is 9.03. The van der Waals surface area contributed by atoms with Gasteiger partial charge in [0, 0.05) is 0 Å². The van der Waals surface area contributed by atoms with Crippen LogP contribution in [0.15, 0.2) is 46.6 Å². The molecule has 0 atom stereocenters. The molecule has 0 aromatic heterocycles. The summed E-state index contributed by atoms with van der Waals surface area (Å²) in [6.07, 6.45) is 14.0. The van der Waals surface area contributed by atoms with Crippen LogP contribution in [0.2, 0.25) is 0 Å². The van der Waals surface area contributed by atoms with E-state index in [-0.39, 0.29) is 5.92 Å². The molecule has 24 heavy (non-hydrogen) atoms. The van der Waals surface area contributed by atoms with Crippen LogP contribution in [0.3, 0.4) is 0 Å². The Labute approximate surface area is 149 Å². The van der Waals surface area contributed by atoms with Crippen molar-refractivity contribution in [3.63, 3.8) is 0 Å². The first-order valence-electron chi connectivity index (χ1n) is 9.03. The summed E-state index contributed by atoms with van der Waals surface area (Å²) in [7, 11) is 0. The molecule has 0 amide bonds. The van der Waals surface area contributed by atoms with Crippen molar-refractivity contribution in [2.24, 2.45) is 5.92 Å². The number of hydrogen-bond acceptors (Lipinski definition) is 1. The molecule has 1 N–H and O–H groups in total. The number of hydrogen-bond donors (Lipinski definition) is 1. The highest BCUT2D eigenvalue weighted by molar-refractivity contribution is 5.70. The van der Waals surface area contributed by atoms with E-state index in [0.29, 0.717) is 12.8 Å². The van der Waals surface area contributed by atoms with Crippen molar-refractivity contribution in [1.82, 2.24) is 0 Å². The Bertz CT molecular complexity index is 456. The Morgan fingerprint density at radius 2 is 1.12 bits per heavy atom.